The van der Waals surface area contributed by atoms with Gasteiger partial charge in [0.1, 0.15) is 11.6 Å². The van der Waals surface area contributed by atoms with E-state index in [4.69, 9.17) is 0 Å². The molecule has 3 rings (SSSR count). The summed E-state index contributed by atoms with van der Waals surface area (Å²) in [5.41, 5.74) is 10.1. The third-order valence-electron chi connectivity index (χ3n) is 5.60. The predicted molar refractivity (Wildman–Crippen MR) is 129 cm³/mol. The summed E-state index contributed by atoms with van der Waals surface area (Å²) in [6.07, 6.45) is 3.96. The summed E-state index contributed by atoms with van der Waals surface area (Å²) in [6, 6.07) is 9.20. The van der Waals surface area contributed by atoms with Crippen LogP contribution in [0, 0.1) is 27.7 Å². The second-order valence-corrected chi connectivity index (χ2v) is 8.71. The molecule has 0 fully saturated rings. The Labute approximate surface area is 181 Å². The lowest BCUT2D eigenvalue weighted by atomic mass is 9.84. The summed E-state index contributed by atoms with van der Waals surface area (Å²) in [6.45, 7) is 17.3. The molecule has 0 aliphatic rings. The van der Waals surface area contributed by atoms with Crippen molar-refractivity contribution in [3.05, 3.63) is 58.9 Å². The molecule has 30 heavy (non-hydrogen) atoms. The number of aromatic nitrogens is 2. The molecule has 0 radical (unpaired) electrons. The molecule has 0 atom stereocenters. The van der Waals surface area contributed by atoms with Crippen LogP contribution in [-0.4, -0.2) is 22.1 Å². The van der Waals surface area contributed by atoms with Gasteiger partial charge in [0.25, 0.3) is 0 Å². The molecule has 0 saturated carbocycles. The second-order valence-electron chi connectivity index (χ2n) is 8.71. The minimum Gasteiger partial charge on any atom is -0.368 e. The van der Waals surface area contributed by atoms with E-state index in [1.165, 1.54) is 33.4 Å². The summed E-state index contributed by atoms with van der Waals surface area (Å²) in [7, 11) is 0. The molecule has 0 saturated heterocycles. The van der Waals surface area contributed by atoms with Gasteiger partial charge in [0.15, 0.2) is 0 Å². The van der Waals surface area contributed by atoms with Crippen LogP contribution in [0.2, 0.25) is 0 Å². The normalized spacial score (nSPS) is 11.3. The van der Waals surface area contributed by atoms with Crippen molar-refractivity contribution >= 4 is 11.6 Å². The van der Waals surface area contributed by atoms with Crippen LogP contribution in [0.15, 0.2) is 36.7 Å². The van der Waals surface area contributed by atoms with Gasteiger partial charge < -0.3 is 10.6 Å². The number of nitrogens with one attached hydrogen (secondary N) is 2. The molecular formula is C26H34N4. The van der Waals surface area contributed by atoms with Crippen LogP contribution in [0.1, 0.15) is 49.9 Å². The lowest BCUT2D eigenvalue weighted by molar-refractivity contribution is 0.889. The van der Waals surface area contributed by atoms with Crippen molar-refractivity contribution in [1.29, 1.82) is 0 Å². The number of pyridine rings is 2. The van der Waals surface area contributed by atoms with Crippen LogP contribution in [0.5, 0.6) is 0 Å². The molecular weight excluding hydrogens is 368 g/mol. The lowest BCUT2D eigenvalue weighted by Crippen LogP contribution is -2.11. The zero-order valence-corrected chi connectivity index (χ0v) is 19.5. The largest absolute Gasteiger partial charge is 0.368 e. The maximum absolute atomic E-state index is 4.62. The monoisotopic (exact) mass is 402 g/mol. The fourth-order valence-corrected chi connectivity index (χ4v) is 4.02. The van der Waals surface area contributed by atoms with Gasteiger partial charge in [-0.3, -0.25) is 0 Å². The Hall–Kier alpha value is -2.88. The van der Waals surface area contributed by atoms with Gasteiger partial charge in [-0.1, -0.05) is 0 Å². The molecule has 2 N–H and O–H groups in total. The molecule has 2 heterocycles. The van der Waals surface area contributed by atoms with Crippen molar-refractivity contribution in [2.45, 2.75) is 67.5 Å². The molecule has 0 bridgehead atoms. The van der Waals surface area contributed by atoms with E-state index in [0.29, 0.717) is 12.1 Å². The zero-order chi connectivity index (χ0) is 22.0. The third kappa shape index (κ3) is 4.48. The molecule has 4 nitrogen and oxygen atoms in total. The van der Waals surface area contributed by atoms with Crippen molar-refractivity contribution in [1.82, 2.24) is 9.97 Å². The summed E-state index contributed by atoms with van der Waals surface area (Å²) in [4.78, 5) is 9.25. The standard InChI is InChI=1S/C26H34N4/c1-15(2)29-23-11-9-21(13-27-23)25-17(5)19(7)26(20(8)18(25)6)22-10-12-24(28-14-22)30-16(3)4/h9-16H,1-8H3,(H,27,29)(H,28,30). The molecule has 0 aliphatic carbocycles. The number of rotatable bonds is 6. The Balaban J connectivity index is 2.04. The Morgan fingerprint density at radius 3 is 1.13 bits per heavy atom. The maximum atomic E-state index is 4.62. The van der Waals surface area contributed by atoms with Gasteiger partial charge in [-0.05, 0) is 113 Å². The molecule has 0 spiro atoms. The van der Waals surface area contributed by atoms with Crippen LogP contribution in [0.3, 0.4) is 0 Å². The Morgan fingerprint density at radius 1 is 0.567 bits per heavy atom. The van der Waals surface area contributed by atoms with Gasteiger partial charge in [0.05, 0.1) is 0 Å². The highest BCUT2D eigenvalue weighted by Crippen LogP contribution is 2.39. The number of hydrogen-bond acceptors (Lipinski definition) is 4. The van der Waals surface area contributed by atoms with Crippen molar-refractivity contribution in [2.24, 2.45) is 0 Å². The minimum absolute atomic E-state index is 0.367. The van der Waals surface area contributed by atoms with Crippen LogP contribution < -0.4 is 10.6 Å². The van der Waals surface area contributed by atoms with Crippen molar-refractivity contribution in [3.63, 3.8) is 0 Å². The third-order valence-corrected chi connectivity index (χ3v) is 5.60. The highest BCUT2D eigenvalue weighted by atomic mass is 15.0. The molecule has 3 aromatic rings. The first-order valence-electron chi connectivity index (χ1n) is 10.7. The summed E-state index contributed by atoms with van der Waals surface area (Å²) >= 11 is 0. The predicted octanol–water partition coefficient (Wildman–Crippen LogP) is 6.68. The Bertz CT molecular complexity index is 903. The fraction of sp³-hybridized carbons (Fsp3) is 0.385. The van der Waals surface area contributed by atoms with Crippen molar-refractivity contribution in [3.8, 4) is 22.3 Å². The minimum atomic E-state index is 0.367. The van der Waals surface area contributed by atoms with Gasteiger partial charge >= 0.3 is 0 Å². The SMILES string of the molecule is Cc1c(C)c(-c2ccc(NC(C)C)nc2)c(C)c(C)c1-c1ccc(NC(C)C)nc1. The molecule has 1 aromatic carbocycles. The topological polar surface area (TPSA) is 49.8 Å². The number of benzene rings is 1. The first-order chi connectivity index (χ1) is 14.2. The smallest absolute Gasteiger partial charge is 0.126 e. The quantitative estimate of drug-likeness (QED) is 0.482. The van der Waals surface area contributed by atoms with Crippen LogP contribution in [0.4, 0.5) is 11.6 Å². The number of hydrogen-bond donors (Lipinski definition) is 2. The first kappa shape index (κ1) is 21.8. The Morgan fingerprint density at radius 2 is 0.900 bits per heavy atom. The van der Waals surface area contributed by atoms with E-state index in [2.05, 4.69) is 100 Å². The molecule has 0 amide bonds. The highest BCUT2D eigenvalue weighted by molar-refractivity contribution is 5.82. The van der Waals surface area contributed by atoms with Gasteiger partial charge in [-0.2, -0.15) is 0 Å². The van der Waals surface area contributed by atoms with E-state index in [0.717, 1.165) is 22.8 Å². The highest BCUT2D eigenvalue weighted by Gasteiger charge is 2.18. The lowest BCUT2D eigenvalue weighted by Gasteiger charge is -2.21. The molecule has 0 aliphatic heterocycles. The van der Waals surface area contributed by atoms with E-state index < -0.39 is 0 Å². The van der Waals surface area contributed by atoms with Crippen molar-refractivity contribution in [2.75, 3.05) is 10.6 Å². The molecule has 2 aromatic heterocycles. The van der Waals surface area contributed by atoms with Gasteiger partial charge in [-0.15, -0.1) is 0 Å². The van der Waals surface area contributed by atoms with Crippen LogP contribution >= 0.6 is 0 Å². The van der Waals surface area contributed by atoms with Crippen LogP contribution in [0.25, 0.3) is 22.3 Å². The van der Waals surface area contributed by atoms with E-state index >= 15 is 0 Å². The molecule has 158 valence electrons. The average molecular weight is 403 g/mol. The Kier molecular flexibility index (Phi) is 6.45. The average Bonchev–Trinajstić information content (AvgIpc) is 2.68. The van der Waals surface area contributed by atoms with Gasteiger partial charge in [-0.25, -0.2) is 9.97 Å². The van der Waals surface area contributed by atoms with E-state index in [9.17, 15) is 0 Å². The van der Waals surface area contributed by atoms with E-state index in [-0.39, 0.29) is 0 Å². The number of nitrogens with zero attached hydrogens (tertiary/aromatic N) is 2. The molecule has 4 heteroatoms. The summed E-state index contributed by atoms with van der Waals surface area (Å²) in [5.74, 6) is 1.82. The molecule has 0 unspecified atom stereocenters. The maximum Gasteiger partial charge on any atom is 0.126 e. The van der Waals surface area contributed by atoms with E-state index in [1.54, 1.807) is 0 Å². The number of anilines is 2. The zero-order valence-electron chi connectivity index (χ0n) is 19.5. The van der Waals surface area contributed by atoms with Gasteiger partial charge in [0, 0.05) is 35.6 Å². The van der Waals surface area contributed by atoms with Gasteiger partial charge in [0.2, 0.25) is 0 Å². The summed E-state index contributed by atoms with van der Waals surface area (Å²) < 4.78 is 0. The fourth-order valence-electron chi connectivity index (χ4n) is 4.02. The second kappa shape index (κ2) is 8.86. The van der Waals surface area contributed by atoms with E-state index in [1.807, 2.05) is 12.4 Å². The first-order valence-corrected chi connectivity index (χ1v) is 10.7. The van der Waals surface area contributed by atoms with Crippen molar-refractivity contribution < 1.29 is 0 Å². The van der Waals surface area contributed by atoms with Crippen LogP contribution in [-0.2, 0) is 0 Å². The summed E-state index contributed by atoms with van der Waals surface area (Å²) in [5, 5.41) is 6.72.